The summed E-state index contributed by atoms with van der Waals surface area (Å²) in [5.74, 6) is 0. The summed E-state index contributed by atoms with van der Waals surface area (Å²) in [5.41, 5.74) is 2.29. The summed E-state index contributed by atoms with van der Waals surface area (Å²) in [7, 11) is 0. The first-order valence-corrected chi connectivity index (χ1v) is 7.89. The van der Waals surface area contributed by atoms with Crippen molar-refractivity contribution in [2.24, 2.45) is 0 Å². The van der Waals surface area contributed by atoms with E-state index in [-0.39, 0.29) is 6.04 Å². The lowest BCUT2D eigenvalue weighted by molar-refractivity contribution is 0.515. The molecule has 0 aliphatic heterocycles. The minimum atomic E-state index is 0.208. The van der Waals surface area contributed by atoms with Crippen LogP contribution in [0.2, 0.25) is 0 Å². The predicted octanol–water partition coefficient (Wildman–Crippen LogP) is 3.34. The molecule has 2 aromatic heterocycles. The van der Waals surface area contributed by atoms with Gasteiger partial charge in [0.25, 0.3) is 0 Å². The van der Waals surface area contributed by atoms with E-state index >= 15 is 0 Å². The molecule has 4 nitrogen and oxygen atoms in total. The zero-order valence-electron chi connectivity index (χ0n) is 12.0. The predicted molar refractivity (Wildman–Crippen MR) is 84.6 cm³/mol. The molecular formula is C15H21BrN4. The van der Waals surface area contributed by atoms with E-state index < -0.39 is 0 Å². The van der Waals surface area contributed by atoms with Crippen LogP contribution in [0.4, 0.5) is 0 Å². The van der Waals surface area contributed by atoms with Crippen molar-refractivity contribution in [2.45, 2.75) is 39.3 Å². The minimum Gasteiger partial charge on any atom is -0.308 e. The highest BCUT2D eigenvalue weighted by Crippen LogP contribution is 2.23. The van der Waals surface area contributed by atoms with Crippen molar-refractivity contribution in [3.05, 3.63) is 46.5 Å². The van der Waals surface area contributed by atoms with Crippen molar-refractivity contribution < 1.29 is 0 Å². The topological polar surface area (TPSA) is 42.7 Å². The molecule has 2 rings (SSSR count). The van der Waals surface area contributed by atoms with Crippen LogP contribution < -0.4 is 5.32 Å². The van der Waals surface area contributed by atoms with Gasteiger partial charge in [-0.05, 0) is 59.9 Å². The first-order valence-electron chi connectivity index (χ1n) is 7.09. The van der Waals surface area contributed by atoms with Crippen LogP contribution in [0, 0.1) is 0 Å². The Morgan fingerprint density at radius 2 is 2.25 bits per heavy atom. The Labute approximate surface area is 128 Å². The molecule has 2 heterocycles. The van der Waals surface area contributed by atoms with Crippen molar-refractivity contribution >= 4 is 15.9 Å². The van der Waals surface area contributed by atoms with Crippen LogP contribution in [-0.2, 0) is 13.0 Å². The van der Waals surface area contributed by atoms with E-state index in [0.717, 1.165) is 36.1 Å². The number of nitrogens with zero attached hydrogens (tertiary/aromatic N) is 3. The highest BCUT2D eigenvalue weighted by Gasteiger charge is 2.16. The Morgan fingerprint density at radius 1 is 1.40 bits per heavy atom. The maximum atomic E-state index is 4.52. The zero-order valence-corrected chi connectivity index (χ0v) is 13.6. The monoisotopic (exact) mass is 336 g/mol. The van der Waals surface area contributed by atoms with Crippen molar-refractivity contribution in [1.29, 1.82) is 0 Å². The highest BCUT2D eigenvalue weighted by molar-refractivity contribution is 9.10. The number of pyridine rings is 1. The molecule has 2 aromatic rings. The van der Waals surface area contributed by atoms with Gasteiger partial charge in [0, 0.05) is 23.4 Å². The third kappa shape index (κ3) is 3.90. The normalized spacial score (nSPS) is 12.6. The number of nitrogens with one attached hydrogen (secondary N) is 1. The van der Waals surface area contributed by atoms with Crippen molar-refractivity contribution in [3.8, 4) is 0 Å². The first-order chi connectivity index (χ1) is 9.74. The molecule has 0 fully saturated rings. The maximum absolute atomic E-state index is 4.52. The molecule has 0 saturated carbocycles. The van der Waals surface area contributed by atoms with Gasteiger partial charge in [-0.25, -0.2) is 0 Å². The quantitative estimate of drug-likeness (QED) is 0.843. The molecule has 0 spiro atoms. The molecule has 0 aliphatic carbocycles. The van der Waals surface area contributed by atoms with Crippen LogP contribution in [-0.4, -0.2) is 21.3 Å². The standard InChI is InChI=1S/C15H21BrN4/c1-3-7-17-14(15-13(16)6-5-8-18-15)9-12-10-19-20(4-2)11-12/h5-6,8,10-11,14,17H,3-4,7,9H2,1-2H3. The Balaban J connectivity index is 2.17. The van der Waals surface area contributed by atoms with Gasteiger partial charge in [0.15, 0.2) is 0 Å². The second kappa shape index (κ2) is 7.55. The Kier molecular flexibility index (Phi) is 5.73. The van der Waals surface area contributed by atoms with Crippen molar-refractivity contribution in [3.63, 3.8) is 0 Å². The summed E-state index contributed by atoms with van der Waals surface area (Å²) in [5, 5.41) is 7.91. The van der Waals surface area contributed by atoms with E-state index in [1.807, 2.05) is 29.2 Å². The molecule has 5 heteroatoms. The molecular weight excluding hydrogens is 316 g/mol. The molecule has 1 unspecified atom stereocenters. The van der Waals surface area contributed by atoms with Gasteiger partial charge in [0.2, 0.25) is 0 Å². The Bertz CT molecular complexity index is 538. The number of aromatic nitrogens is 3. The molecule has 1 atom stereocenters. The molecule has 1 N–H and O–H groups in total. The first kappa shape index (κ1) is 15.2. The Morgan fingerprint density at radius 3 is 2.90 bits per heavy atom. The van der Waals surface area contributed by atoms with Crippen LogP contribution in [0.3, 0.4) is 0 Å². The van der Waals surface area contributed by atoms with Crippen LogP contribution >= 0.6 is 15.9 Å². The van der Waals surface area contributed by atoms with E-state index in [2.05, 4.69) is 51.4 Å². The Hall–Kier alpha value is -1.20. The SMILES string of the molecule is CCCNC(Cc1cnn(CC)c1)c1ncccc1Br. The fourth-order valence-electron chi connectivity index (χ4n) is 2.16. The average molecular weight is 337 g/mol. The smallest absolute Gasteiger partial charge is 0.0718 e. The van der Waals surface area contributed by atoms with E-state index in [1.54, 1.807) is 0 Å². The lowest BCUT2D eigenvalue weighted by Gasteiger charge is -2.18. The van der Waals surface area contributed by atoms with E-state index in [9.17, 15) is 0 Å². The second-order valence-corrected chi connectivity index (χ2v) is 5.64. The summed E-state index contributed by atoms with van der Waals surface area (Å²) in [4.78, 5) is 4.52. The van der Waals surface area contributed by atoms with E-state index in [4.69, 9.17) is 0 Å². The molecule has 0 saturated heterocycles. The summed E-state index contributed by atoms with van der Waals surface area (Å²) in [6.45, 7) is 6.15. The number of hydrogen-bond donors (Lipinski definition) is 1. The lowest BCUT2D eigenvalue weighted by atomic mass is 10.1. The summed E-state index contributed by atoms with van der Waals surface area (Å²) < 4.78 is 3.01. The van der Waals surface area contributed by atoms with E-state index in [0.29, 0.717) is 0 Å². The van der Waals surface area contributed by atoms with E-state index in [1.165, 1.54) is 5.56 Å². The molecule has 20 heavy (non-hydrogen) atoms. The highest BCUT2D eigenvalue weighted by atomic mass is 79.9. The number of aryl methyl sites for hydroxylation is 1. The van der Waals surface area contributed by atoms with Crippen LogP contribution in [0.5, 0.6) is 0 Å². The van der Waals surface area contributed by atoms with Gasteiger partial charge >= 0.3 is 0 Å². The lowest BCUT2D eigenvalue weighted by Crippen LogP contribution is -2.25. The van der Waals surface area contributed by atoms with Gasteiger partial charge in [-0.1, -0.05) is 6.92 Å². The number of halogens is 1. The molecule has 0 aromatic carbocycles. The van der Waals surface area contributed by atoms with Crippen LogP contribution in [0.15, 0.2) is 35.2 Å². The minimum absolute atomic E-state index is 0.208. The average Bonchev–Trinajstić information content (AvgIpc) is 2.92. The summed E-state index contributed by atoms with van der Waals surface area (Å²) >= 11 is 3.60. The molecule has 0 aliphatic rings. The van der Waals surface area contributed by atoms with Crippen molar-refractivity contribution in [2.75, 3.05) is 6.54 Å². The fourth-order valence-corrected chi connectivity index (χ4v) is 2.69. The van der Waals surface area contributed by atoms with Gasteiger partial charge in [-0.15, -0.1) is 0 Å². The number of hydrogen-bond acceptors (Lipinski definition) is 3. The maximum Gasteiger partial charge on any atom is 0.0718 e. The third-order valence-electron chi connectivity index (χ3n) is 3.21. The number of rotatable bonds is 7. The van der Waals surface area contributed by atoms with Gasteiger partial charge in [0.05, 0.1) is 17.9 Å². The molecule has 108 valence electrons. The zero-order chi connectivity index (χ0) is 14.4. The van der Waals surface area contributed by atoms with Crippen molar-refractivity contribution in [1.82, 2.24) is 20.1 Å². The van der Waals surface area contributed by atoms with Gasteiger partial charge < -0.3 is 5.32 Å². The second-order valence-electron chi connectivity index (χ2n) is 4.79. The molecule has 0 radical (unpaired) electrons. The molecule has 0 amide bonds. The fraction of sp³-hybridized carbons (Fsp3) is 0.467. The summed E-state index contributed by atoms with van der Waals surface area (Å²) in [6, 6.07) is 4.19. The van der Waals surface area contributed by atoms with Gasteiger partial charge in [-0.2, -0.15) is 5.10 Å². The van der Waals surface area contributed by atoms with Gasteiger partial charge in [-0.3, -0.25) is 9.67 Å². The largest absolute Gasteiger partial charge is 0.308 e. The summed E-state index contributed by atoms with van der Waals surface area (Å²) in [6.07, 6.45) is 7.90. The van der Waals surface area contributed by atoms with Crippen LogP contribution in [0.1, 0.15) is 37.6 Å². The third-order valence-corrected chi connectivity index (χ3v) is 3.88. The molecule has 0 bridgehead atoms. The van der Waals surface area contributed by atoms with Crippen LogP contribution in [0.25, 0.3) is 0 Å². The van der Waals surface area contributed by atoms with Gasteiger partial charge in [0.1, 0.15) is 0 Å².